The lowest BCUT2D eigenvalue weighted by Gasteiger charge is -2.37. The second kappa shape index (κ2) is 10.2. The first-order valence-corrected chi connectivity index (χ1v) is 11.9. The number of aliphatic hydroxyl groups is 2. The highest BCUT2D eigenvalue weighted by Gasteiger charge is 2.47. The van der Waals surface area contributed by atoms with E-state index in [0.29, 0.717) is 0 Å². The third kappa shape index (κ3) is 4.38. The predicted octanol–water partition coefficient (Wildman–Crippen LogP) is 2.19. The first-order valence-electron chi connectivity index (χ1n) is 11.9. The fourth-order valence-electron chi connectivity index (χ4n) is 4.84. The third-order valence-electron chi connectivity index (χ3n) is 6.68. The van der Waals surface area contributed by atoms with Crippen LogP contribution >= 0.6 is 0 Å². The minimum atomic E-state index is -1.34. The van der Waals surface area contributed by atoms with E-state index >= 15 is 0 Å². The van der Waals surface area contributed by atoms with E-state index in [4.69, 9.17) is 20.9 Å². The molecule has 1 amide bonds. The van der Waals surface area contributed by atoms with E-state index in [-0.39, 0.29) is 18.1 Å². The van der Waals surface area contributed by atoms with Crippen molar-refractivity contribution < 1.29 is 24.5 Å². The number of aromatic nitrogens is 2. The number of primary amides is 1. The van der Waals surface area contributed by atoms with Gasteiger partial charge in [-0.2, -0.15) is 0 Å². The summed E-state index contributed by atoms with van der Waals surface area (Å²) in [6, 6.07) is 29.4. The Labute approximate surface area is 213 Å². The molecule has 3 aromatic carbocycles. The minimum Gasteiger partial charge on any atom is -0.387 e. The number of nitrogen functional groups attached to an aromatic ring is 1. The van der Waals surface area contributed by atoms with Crippen molar-refractivity contribution in [2.45, 2.75) is 30.1 Å². The number of carbonyl (C=O) groups excluding carboxylic acids is 1. The van der Waals surface area contributed by atoms with Gasteiger partial charge in [0.1, 0.15) is 29.7 Å². The van der Waals surface area contributed by atoms with Crippen LogP contribution in [-0.2, 0) is 15.1 Å². The monoisotopic (exact) mass is 500 g/mol. The number of hydrogen-bond acceptors (Lipinski definition) is 7. The summed E-state index contributed by atoms with van der Waals surface area (Å²) in [5, 5.41) is 21.7. The molecular formula is C28H28N4O5. The van der Waals surface area contributed by atoms with Crippen LogP contribution in [0.1, 0.15) is 33.4 Å². The molecule has 4 aromatic rings. The number of nitrogens with zero attached hydrogens (tertiary/aromatic N) is 2. The van der Waals surface area contributed by atoms with Crippen molar-refractivity contribution in [1.29, 1.82) is 0 Å². The molecular weight excluding hydrogens is 472 g/mol. The molecule has 9 heteroatoms. The van der Waals surface area contributed by atoms with Gasteiger partial charge in [0.25, 0.3) is 5.91 Å². The highest BCUT2D eigenvalue weighted by Crippen LogP contribution is 2.42. The van der Waals surface area contributed by atoms with Crippen LogP contribution in [0.3, 0.4) is 0 Å². The van der Waals surface area contributed by atoms with Gasteiger partial charge in [0.05, 0.1) is 12.9 Å². The van der Waals surface area contributed by atoms with E-state index in [1.54, 1.807) is 0 Å². The van der Waals surface area contributed by atoms with Gasteiger partial charge in [-0.15, -0.1) is 0 Å². The second-order valence-corrected chi connectivity index (χ2v) is 8.89. The summed E-state index contributed by atoms with van der Waals surface area (Å²) in [4.78, 5) is 15.5. The standard InChI is InChI=1S/C28H28N4O5/c29-25-22(26(30)35)31-17-32(25)27-24(34)23(33)21(37-27)16-36-28(18-10-4-1-5-11-18,19-12-6-2-7-13-19)20-14-8-3-9-15-20/h1-15,17,21,23-24,27,33-34H,16,29H2,(H2,30,35)/t21-,23-,24-,27-/m1/s1. The molecule has 190 valence electrons. The van der Waals surface area contributed by atoms with Crippen LogP contribution in [0.15, 0.2) is 97.3 Å². The van der Waals surface area contributed by atoms with Gasteiger partial charge in [0.15, 0.2) is 11.9 Å². The highest BCUT2D eigenvalue weighted by molar-refractivity contribution is 5.95. The van der Waals surface area contributed by atoms with Gasteiger partial charge in [-0.25, -0.2) is 4.98 Å². The summed E-state index contributed by atoms with van der Waals surface area (Å²) in [6.07, 6.45) is -3.37. The maximum atomic E-state index is 11.6. The van der Waals surface area contributed by atoms with Crippen molar-refractivity contribution in [1.82, 2.24) is 9.55 Å². The zero-order valence-electron chi connectivity index (χ0n) is 19.9. The fourth-order valence-corrected chi connectivity index (χ4v) is 4.84. The fraction of sp³-hybridized carbons (Fsp3) is 0.214. The maximum Gasteiger partial charge on any atom is 0.271 e. The molecule has 1 aromatic heterocycles. The SMILES string of the molecule is NC(=O)c1ncn([C@@H]2O[C@H](COC(c3ccccc3)(c3ccccc3)c3ccccc3)[C@@H](O)[C@H]2O)c1N. The molecule has 37 heavy (non-hydrogen) atoms. The van der Waals surface area contributed by atoms with E-state index in [0.717, 1.165) is 16.7 Å². The second-order valence-electron chi connectivity index (χ2n) is 8.89. The molecule has 0 saturated carbocycles. The zero-order valence-corrected chi connectivity index (χ0v) is 19.9. The molecule has 9 nitrogen and oxygen atoms in total. The number of anilines is 1. The number of amides is 1. The largest absolute Gasteiger partial charge is 0.387 e. The molecule has 2 heterocycles. The molecule has 1 aliphatic heterocycles. The topological polar surface area (TPSA) is 146 Å². The molecule has 0 spiro atoms. The first kappa shape index (κ1) is 24.7. The van der Waals surface area contributed by atoms with Crippen molar-refractivity contribution in [3.63, 3.8) is 0 Å². The normalized spacial score (nSPS) is 21.7. The highest BCUT2D eigenvalue weighted by atomic mass is 16.6. The molecule has 0 unspecified atom stereocenters. The molecule has 6 N–H and O–H groups in total. The number of hydrogen-bond donors (Lipinski definition) is 4. The van der Waals surface area contributed by atoms with Gasteiger partial charge >= 0.3 is 0 Å². The van der Waals surface area contributed by atoms with Crippen LogP contribution in [0.5, 0.6) is 0 Å². The smallest absolute Gasteiger partial charge is 0.271 e. The van der Waals surface area contributed by atoms with E-state index in [1.807, 2.05) is 91.0 Å². The predicted molar refractivity (Wildman–Crippen MR) is 136 cm³/mol. The average Bonchev–Trinajstić information content (AvgIpc) is 3.45. The zero-order chi connectivity index (χ0) is 26.0. The van der Waals surface area contributed by atoms with Crippen LogP contribution in [0.2, 0.25) is 0 Å². The Bertz CT molecular complexity index is 1250. The summed E-state index contributed by atoms with van der Waals surface area (Å²) < 4.78 is 14.0. The Hall–Kier alpha value is -4.02. The van der Waals surface area contributed by atoms with Crippen LogP contribution in [0.4, 0.5) is 5.82 Å². The van der Waals surface area contributed by atoms with Gasteiger partial charge in [0.2, 0.25) is 0 Å². The van der Waals surface area contributed by atoms with E-state index in [1.165, 1.54) is 10.9 Å². The number of imidazole rings is 1. The van der Waals surface area contributed by atoms with Gasteiger partial charge in [-0.3, -0.25) is 9.36 Å². The molecule has 4 atom stereocenters. The van der Waals surface area contributed by atoms with Crippen LogP contribution < -0.4 is 11.5 Å². The Morgan fingerprint density at radius 3 is 1.81 bits per heavy atom. The first-order chi connectivity index (χ1) is 17.9. The molecule has 0 radical (unpaired) electrons. The summed E-state index contributed by atoms with van der Waals surface area (Å²) in [7, 11) is 0. The number of benzene rings is 3. The molecule has 5 rings (SSSR count). The molecule has 0 aliphatic carbocycles. The van der Waals surface area contributed by atoms with Crippen molar-refractivity contribution >= 4 is 11.7 Å². The van der Waals surface area contributed by atoms with Crippen molar-refractivity contribution in [2.24, 2.45) is 5.73 Å². The molecule has 1 fully saturated rings. The molecule has 1 aliphatic rings. The summed E-state index contributed by atoms with van der Waals surface area (Å²) in [6.45, 7) is -0.0648. The van der Waals surface area contributed by atoms with Gasteiger partial charge in [0, 0.05) is 0 Å². The Kier molecular flexibility index (Phi) is 6.77. The van der Waals surface area contributed by atoms with Crippen LogP contribution in [0, 0.1) is 0 Å². The van der Waals surface area contributed by atoms with Crippen LogP contribution in [0.25, 0.3) is 0 Å². The Morgan fingerprint density at radius 1 is 0.892 bits per heavy atom. The molecule has 1 saturated heterocycles. The van der Waals surface area contributed by atoms with Gasteiger partial charge in [-0.05, 0) is 16.7 Å². The summed E-state index contributed by atoms with van der Waals surface area (Å²) in [5.41, 5.74) is 12.8. The van der Waals surface area contributed by atoms with Crippen molar-refractivity contribution in [3.8, 4) is 0 Å². The number of aliphatic hydroxyl groups excluding tert-OH is 2. The Balaban J connectivity index is 1.50. The van der Waals surface area contributed by atoms with Crippen LogP contribution in [-0.4, -0.2) is 50.6 Å². The van der Waals surface area contributed by atoms with Crippen molar-refractivity contribution in [2.75, 3.05) is 12.3 Å². The van der Waals surface area contributed by atoms with E-state index < -0.39 is 36.0 Å². The summed E-state index contributed by atoms with van der Waals surface area (Å²) in [5.74, 6) is -0.861. The lowest BCUT2D eigenvalue weighted by molar-refractivity contribution is -0.0945. The lowest BCUT2D eigenvalue weighted by atomic mass is 9.80. The summed E-state index contributed by atoms with van der Waals surface area (Å²) >= 11 is 0. The average molecular weight is 501 g/mol. The third-order valence-corrected chi connectivity index (χ3v) is 6.68. The van der Waals surface area contributed by atoms with Gasteiger partial charge in [-0.1, -0.05) is 91.0 Å². The van der Waals surface area contributed by atoms with E-state index in [2.05, 4.69) is 4.98 Å². The lowest BCUT2D eigenvalue weighted by Crippen LogP contribution is -2.39. The number of carbonyl (C=O) groups is 1. The van der Waals surface area contributed by atoms with E-state index in [9.17, 15) is 15.0 Å². The quantitative estimate of drug-likeness (QED) is 0.271. The van der Waals surface area contributed by atoms with Crippen molar-refractivity contribution in [3.05, 3.63) is 120 Å². The number of ether oxygens (including phenoxy) is 2. The molecule has 0 bridgehead atoms. The Morgan fingerprint density at radius 2 is 1.38 bits per heavy atom. The number of nitrogens with two attached hydrogens (primary N) is 2. The van der Waals surface area contributed by atoms with Gasteiger partial charge < -0.3 is 31.2 Å². The minimum absolute atomic E-state index is 0.0579. The number of rotatable bonds is 8. The maximum absolute atomic E-state index is 11.6.